The van der Waals surface area contributed by atoms with Crippen LogP contribution in [-0.2, 0) is 14.6 Å². The van der Waals surface area contributed by atoms with Crippen LogP contribution >= 0.6 is 0 Å². The fourth-order valence-corrected chi connectivity index (χ4v) is 0.821. The van der Waals surface area contributed by atoms with E-state index < -0.39 is 0 Å². The second-order valence-corrected chi connectivity index (χ2v) is 3.86. The highest BCUT2D eigenvalue weighted by molar-refractivity contribution is 5.92. The van der Waals surface area contributed by atoms with Crippen LogP contribution in [-0.4, -0.2) is 17.5 Å². The summed E-state index contributed by atoms with van der Waals surface area (Å²) < 4.78 is 0. The Balaban J connectivity index is 2.26. The van der Waals surface area contributed by atoms with E-state index in [-0.39, 0.29) is 17.5 Å². The van der Waals surface area contributed by atoms with E-state index in [1.165, 1.54) is 6.08 Å². The molecule has 68 valence electrons. The molecule has 0 spiro atoms. The third kappa shape index (κ3) is 3.15. The first-order chi connectivity index (χ1) is 5.47. The molecule has 0 saturated carbocycles. The van der Waals surface area contributed by atoms with Crippen LogP contribution in [0.5, 0.6) is 0 Å². The molecule has 0 aliphatic heterocycles. The van der Waals surface area contributed by atoms with Gasteiger partial charge in [-0.25, -0.2) is 9.78 Å². The van der Waals surface area contributed by atoms with E-state index in [0.717, 1.165) is 0 Å². The van der Waals surface area contributed by atoms with E-state index in [1.54, 1.807) is 6.08 Å². The van der Waals surface area contributed by atoms with Crippen molar-refractivity contribution in [3.05, 3.63) is 12.2 Å². The predicted octanol–water partition coefficient (Wildman–Crippen LogP) is 1.63. The van der Waals surface area contributed by atoms with E-state index >= 15 is 0 Å². The molecule has 1 aliphatic rings. The van der Waals surface area contributed by atoms with Crippen molar-refractivity contribution >= 4 is 5.78 Å². The molecule has 0 radical (unpaired) electrons. The summed E-state index contributed by atoms with van der Waals surface area (Å²) in [7, 11) is 0. The number of rotatable bonds is 2. The second kappa shape index (κ2) is 3.37. The lowest BCUT2D eigenvalue weighted by Crippen LogP contribution is -2.23. The second-order valence-electron chi connectivity index (χ2n) is 3.86. The van der Waals surface area contributed by atoms with E-state index in [2.05, 4.69) is 0 Å². The minimum absolute atomic E-state index is 0.0949. The summed E-state index contributed by atoms with van der Waals surface area (Å²) in [4.78, 5) is 20.8. The Morgan fingerprint density at radius 2 is 2.17 bits per heavy atom. The fraction of sp³-hybridized carbons (Fsp3) is 0.667. The molecular weight excluding hydrogens is 156 g/mol. The molecule has 0 N–H and O–H groups in total. The van der Waals surface area contributed by atoms with Gasteiger partial charge in [-0.05, 0) is 32.9 Å². The molecule has 0 saturated heterocycles. The van der Waals surface area contributed by atoms with Crippen LogP contribution in [0.25, 0.3) is 0 Å². The lowest BCUT2D eigenvalue weighted by atomic mass is 10.2. The number of carbonyl (C=O) groups excluding carboxylic acids is 1. The topological polar surface area (TPSA) is 35.5 Å². The molecule has 0 amide bonds. The zero-order valence-electron chi connectivity index (χ0n) is 7.66. The van der Waals surface area contributed by atoms with Crippen LogP contribution in [0.3, 0.4) is 0 Å². The highest BCUT2D eigenvalue weighted by atomic mass is 17.2. The quantitative estimate of drug-likeness (QED) is 0.466. The lowest BCUT2D eigenvalue weighted by Gasteiger charge is -2.19. The molecule has 1 atom stereocenters. The van der Waals surface area contributed by atoms with E-state index in [0.29, 0.717) is 6.42 Å². The fourth-order valence-electron chi connectivity index (χ4n) is 0.821. The van der Waals surface area contributed by atoms with Crippen molar-refractivity contribution in [2.24, 2.45) is 0 Å². The predicted molar refractivity (Wildman–Crippen MR) is 44.5 cm³/mol. The minimum atomic E-state index is -0.320. The number of carbonyl (C=O) groups is 1. The van der Waals surface area contributed by atoms with Crippen LogP contribution in [0.1, 0.15) is 27.2 Å². The Morgan fingerprint density at radius 3 is 2.58 bits per heavy atom. The van der Waals surface area contributed by atoms with Crippen LogP contribution in [0.15, 0.2) is 12.2 Å². The molecule has 1 unspecified atom stereocenters. The Morgan fingerprint density at radius 1 is 1.50 bits per heavy atom. The molecule has 3 nitrogen and oxygen atoms in total. The van der Waals surface area contributed by atoms with Gasteiger partial charge in [0, 0.05) is 6.42 Å². The average molecular weight is 170 g/mol. The number of ketones is 1. The summed E-state index contributed by atoms with van der Waals surface area (Å²) in [5.74, 6) is 0.0949. The van der Waals surface area contributed by atoms with Gasteiger partial charge in [0.25, 0.3) is 0 Å². The van der Waals surface area contributed by atoms with E-state index in [9.17, 15) is 4.79 Å². The van der Waals surface area contributed by atoms with Gasteiger partial charge >= 0.3 is 0 Å². The molecule has 12 heavy (non-hydrogen) atoms. The molecule has 1 rings (SSSR count). The van der Waals surface area contributed by atoms with Crippen LogP contribution in [0.2, 0.25) is 0 Å². The first-order valence-electron chi connectivity index (χ1n) is 4.03. The highest BCUT2D eigenvalue weighted by Gasteiger charge is 2.20. The van der Waals surface area contributed by atoms with Gasteiger partial charge in [-0.2, -0.15) is 0 Å². The SMILES string of the molecule is CC(C)(C)OOC1C=CC(=O)C1. The number of hydrogen-bond acceptors (Lipinski definition) is 3. The monoisotopic (exact) mass is 170 g/mol. The van der Waals surface area contributed by atoms with E-state index in [4.69, 9.17) is 9.78 Å². The smallest absolute Gasteiger partial charge is 0.158 e. The Bertz CT molecular complexity index is 200. The molecule has 0 heterocycles. The summed E-state index contributed by atoms with van der Waals surface area (Å²) in [6.07, 6.45) is 3.44. The van der Waals surface area contributed by atoms with Gasteiger partial charge in [-0.3, -0.25) is 4.79 Å². The normalized spacial score (nSPS) is 23.6. The van der Waals surface area contributed by atoms with Crippen molar-refractivity contribution in [2.45, 2.75) is 38.9 Å². The minimum Gasteiger partial charge on any atom is -0.295 e. The maximum Gasteiger partial charge on any atom is 0.158 e. The van der Waals surface area contributed by atoms with Crippen LogP contribution in [0, 0.1) is 0 Å². The maximum atomic E-state index is 10.8. The first-order valence-corrected chi connectivity index (χ1v) is 4.03. The van der Waals surface area contributed by atoms with Crippen molar-refractivity contribution in [3.63, 3.8) is 0 Å². The Kier molecular flexibility index (Phi) is 2.65. The Hall–Kier alpha value is -0.670. The van der Waals surface area contributed by atoms with Crippen LogP contribution < -0.4 is 0 Å². The summed E-state index contributed by atoms with van der Waals surface area (Å²) in [5, 5.41) is 0. The van der Waals surface area contributed by atoms with Gasteiger partial charge in [-0.15, -0.1) is 0 Å². The van der Waals surface area contributed by atoms with Crippen LogP contribution in [0.4, 0.5) is 0 Å². The molecule has 0 fully saturated rings. The first kappa shape index (κ1) is 9.42. The van der Waals surface area contributed by atoms with Crippen molar-refractivity contribution in [3.8, 4) is 0 Å². The van der Waals surface area contributed by atoms with Gasteiger partial charge in [-0.1, -0.05) is 0 Å². The van der Waals surface area contributed by atoms with Crippen molar-refractivity contribution < 1.29 is 14.6 Å². The van der Waals surface area contributed by atoms with Gasteiger partial charge < -0.3 is 0 Å². The van der Waals surface area contributed by atoms with Gasteiger partial charge in [0.05, 0.1) is 5.60 Å². The van der Waals surface area contributed by atoms with Gasteiger partial charge in [0.1, 0.15) is 6.10 Å². The molecule has 0 aromatic heterocycles. The molecule has 1 aliphatic carbocycles. The zero-order chi connectivity index (χ0) is 9.19. The molecule has 0 bridgehead atoms. The van der Waals surface area contributed by atoms with E-state index in [1.807, 2.05) is 20.8 Å². The van der Waals surface area contributed by atoms with Gasteiger partial charge in [0.15, 0.2) is 5.78 Å². The van der Waals surface area contributed by atoms with Gasteiger partial charge in [0.2, 0.25) is 0 Å². The molecule has 0 aromatic carbocycles. The Labute approximate surface area is 72.3 Å². The maximum absolute atomic E-state index is 10.8. The summed E-state index contributed by atoms with van der Waals surface area (Å²) in [5.41, 5.74) is -0.320. The van der Waals surface area contributed by atoms with Crippen molar-refractivity contribution in [2.75, 3.05) is 0 Å². The van der Waals surface area contributed by atoms with Crippen molar-refractivity contribution in [1.29, 1.82) is 0 Å². The highest BCUT2D eigenvalue weighted by Crippen LogP contribution is 2.15. The average Bonchev–Trinajstić information content (AvgIpc) is 2.30. The lowest BCUT2D eigenvalue weighted by molar-refractivity contribution is -0.363. The van der Waals surface area contributed by atoms with Crippen molar-refractivity contribution in [1.82, 2.24) is 0 Å². The molecule has 3 heteroatoms. The molecule has 0 aromatic rings. The summed E-state index contributed by atoms with van der Waals surface area (Å²) >= 11 is 0. The standard InChI is InChI=1S/C9H14O3/c1-9(2,3)12-11-8-5-4-7(10)6-8/h4-5,8H,6H2,1-3H3. The molecular formula is C9H14O3. The largest absolute Gasteiger partial charge is 0.295 e. The summed E-state index contributed by atoms with van der Waals surface area (Å²) in [6.45, 7) is 5.69. The number of hydrogen-bond donors (Lipinski definition) is 0. The third-order valence-electron chi connectivity index (χ3n) is 1.32. The zero-order valence-corrected chi connectivity index (χ0v) is 7.66. The number of allylic oxidation sites excluding steroid dienone is 1. The third-order valence-corrected chi connectivity index (χ3v) is 1.32. The summed E-state index contributed by atoms with van der Waals surface area (Å²) in [6, 6.07) is 0.